The van der Waals surface area contributed by atoms with E-state index in [1.807, 2.05) is 0 Å². The van der Waals surface area contributed by atoms with E-state index in [2.05, 4.69) is 27.5 Å². The van der Waals surface area contributed by atoms with Gasteiger partial charge in [-0.1, -0.05) is 6.07 Å². The third kappa shape index (κ3) is 3.27. The Bertz CT molecular complexity index is 473. The molecule has 0 aliphatic heterocycles. The number of hydrogen-bond donors (Lipinski definition) is 1. The number of thiophene rings is 1. The molecule has 2 aromatic rings. The molecule has 0 aromatic carbocycles. The van der Waals surface area contributed by atoms with Gasteiger partial charge in [0.05, 0.1) is 13.2 Å². The lowest BCUT2D eigenvalue weighted by Gasteiger charge is -2.12. The second-order valence-corrected chi connectivity index (χ2v) is 5.06. The number of nitrogens with two attached hydrogens (primary N) is 1. The van der Waals surface area contributed by atoms with Crippen LogP contribution in [0.15, 0.2) is 29.9 Å². The summed E-state index contributed by atoms with van der Waals surface area (Å²) in [6.45, 7) is 0. The zero-order chi connectivity index (χ0) is 12.8. The van der Waals surface area contributed by atoms with Crippen molar-refractivity contribution in [1.82, 2.24) is 9.97 Å². The first-order valence-corrected chi connectivity index (χ1v) is 6.82. The van der Waals surface area contributed by atoms with E-state index in [0.29, 0.717) is 5.88 Å². The Kier molecular flexibility index (Phi) is 4.66. The fourth-order valence-electron chi connectivity index (χ4n) is 1.84. The number of nitrogens with zero attached hydrogens (tertiary/aromatic N) is 2. The van der Waals surface area contributed by atoms with Crippen molar-refractivity contribution < 1.29 is 4.74 Å². The van der Waals surface area contributed by atoms with Crippen LogP contribution < -0.4 is 10.5 Å². The van der Waals surface area contributed by atoms with Gasteiger partial charge < -0.3 is 10.5 Å². The van der Waals surface area contributed by atoms with Gasteiger partial charge in [0.1, 0.15) is 5.69 Å². The fraction of sp³-hybridized carbons (Fsp3) is 0.385. The molecule has 1 atom stereocenters. The molecule has 0 spiro atoms. The van der Waals surface area contributed by atoms with Crippen molar-refractivity contribution in [3.05, 3.63) is 40.5 Å². The SMILES string of the molecule is COc1nccnc1C(N)CCCc1cccs1. The summed E-state index contributed by atoms with van der Waals surface area (Å²) in [5.41, 5.74) is 6.87. The third-order valence-corrected chi connectivity index (χ3v) is 3.69. The molecular weight excluding hydrogens is 246 g/mol. The summed E-state index contributed by atoms with van der Waals surface area (Å²) >= 11 is 1.78. The van der Waals surface area contributed by atoms with Crippen LogP contribution in [0.5, 0.6) is 5.88 Å². The molecule has 5 heteroatoms. The van der Waals surface area contributed by atoms with Crippen molar-refractivity contribution in [1.29, 1.82) is 0 Å². The zero-order valence-electron chi connectivity index (χ0n) is 10.4. The van der Waals surface area contributed by atoms with E-state index in [1.54, 1.807) is 30.8 Å². The number of aryl methyl sites for hydroxylation is 1. The van der Waals surface area contributed by atoms with Gasteiger partial charge in [-0.2, -0.15) is 0 Å². The first-order chi connectivity index (χ1) is 8.81. The molecule has 96 valence electrons. The van der Waals surface area contributed by atoms with Gasteiger partial charge >= 0.3 is 0 Å². The number of rotatable bonds is 6. The van der Waals surface area contributed by atoms with Crippen LogP contribution in [-0.2, 0) is 6.42 Å². The van der Waals surface area contributed by atoms with Crippen LogP contribution in [0.25, 0.3) is 0 Å². The largest absolute Gasteiger partial charge is 0.480 e. The minimum Gasteiger partial charge on any atom is -0.480 e. The molecule has 2 heterocycles. The summed E-state index contributed by atoms with van der Waals surface area (Å²) in [6, 6.07) is 4.11. The molecule has 2 rings (SSSR count). The summed E-state index contributed by atoms with van der Waals surface area (Å²) < 4.78 is 5.17. The van der Waals surface area contributed by atoms with Crippen LogP contribution in [0, 0.1) is 0 Å². The van der Waals surface area contributed by atoms with Gasteiger partial charge in [0.25, 0.3) is 0 Å². The highest BCUT2D eigenvalue weighted by Gasteiger charge is 2.14. The lowest BCUT2D eigenvalue weighted by atomic mass is 10.1. The monoisotopic (exact) mass is 263 g/mol. The van der Waals surface area contributed by atoms with Crippen molar-refractivity contribution in [2.45, 2.75) is 25.3 Å². The number of aromatic nitrogens is 2. The van der Waals surface area contributed by atoms with Crippen LogP contribution >= 0.6 is 11.3 Å². The van der Waals surface area contributed by atoms with E-state index in [0.717, 1.165) is 25.0 Å². The molecule has 0 aliphatic carbocycles. The lowest BCUT2D eigenvalue weighted by molar-refractivity contribution is 0.382. The quantitative estimate of drug-likeness (QED) is 0.870. The van der Waals surface area contributed by atoms with E-state index >= 15 is 0 Å². The first kappa shape index (κ1) is 13.0. The number of hydrogen-bond acceptors (Lipinski definition) is 5. The van der Waals surface area contributed by atoms with Gasteiger partial charge in [0.2, 0.25) is 5.88 Å². The number of methoxy groups -OCH3 is 1. The van der Waals surface area contributed by atoms with Crippen molar-refractivity contribution in [3.63, 3.8) is 0 Å². The molecule has 0 fully saturated rings. The minimum absolute atomic E-state index is 0.117. The normalized spacial score (nSPS) is 12.3. The Morgan fingerprint density at radius 3 is 2.94 bits per heavy atom. The fourth-order valence-corrected chi connectivity index (χ4v) is 2.59. The molecular formula is C13H17N3OS. The topological polar surface area (TPSA) is 61.0 Å². The van der Waals surface area contributed by atoms with E-state index in [1.165, 1.54) is 4.88 Å². The van der Waals surface area contributed by atoms with Gasteiger partial charge in [0, 0.05) is 17.3 Å². The van der Waals surface area contributed by atoms with Crippen molar-refractivity contribution in [2.75, 3.05) is 7.11 Å². The van der Waals surface area contributed by atoms with Crippen LogP contribution in [0.3, 0.4) is 0 Å². The molecule has 0 bridgehead atoms. The minimum atomic E-state index is -0.117. The summed E-state index contributed by atoms with van der Waals surface area (Å²) in [4.78, 5) is 9.77. The summed E-state index contributed by atoms with van der Waals surface area (Å²) in [5.74, 6) is 0.529. The van der Waals surface area contributed by atoms with Gasteiger partial charge in [-0.3, -0.25) is 4.98 Å². The van der Waals surface area contributed by atoms with Gasteiger partial charge in [-0.25, -0.2) is 4.98 Å². The smallest absolute Gasteiger partial charge is 0.236 e. The standard InChI is InChI=1S/C13H17N3OS/c1-17-13-12(15-7-8-16-13)11(14)6-2-4-10-5-3-9-18-10/h3,5,7-9,11H,2,4,6,14H2,1H3. The third-order valence-electron chi connectivity index (χ3n) is 2.75. The van der Waals surface area contributed by atoms with Crippen LogP contribution in [0.1, 0.15) is 29.5 Å². The van der Waals surface area contributed by atoms with E-state index < -0.39 is 0 Å². The highest BCUT2D eigenvalue weighted by Crippen LogP contribution is 2.22. The maximum Gasteiger partial charge on any atom is 0.236 e. The molecule has 0 aliphatic rings. The summed E-state index contributed by atoms with van der Waals surface area (Å²) in [6.07, 6.45) is 6.25. The van der Waals surface area contributed by atoms with E-state index in [4.69, 9.17) is 10.5 Å². The lowest BCUT2D eigenvalue weighted by Crippen LogP contribution is -2.14. The second-order valence-electron chi connectivity index (χ2n) is 4.03. The predicted molar refractivity (Wildman–Crippen MR) is 72.8 cm³/mol. The highest BCUT2D eigenvalue weighted by atomic mass is 32.1. The molecule has 0 amide bonds. The van der Waals surface area contributed by atoms with Crippen LogP contribution in [0.4, 0.5) is 0 Å². The molecule has 4 nitrogen and oxygen atoms in total. The van der Waals surface area contributed by atoms with E-state index in [9.17, 15) is 0 Å². The predicted octanol–water partition coefficient (Wildman–Crippen LogP) is 2.57. The first-order valence-electron chi connectivity index (χ1n) is 5.94. The van der Waals surface area contributed by atoms with E-state index in [-0.39, 0.29) is 6.04 Å². The summed E-state index contributed by atoms with van der Waals surface area (Å²) in [7, 11) is 1.59. The van der Waals surface area contributed by atoms with Crippen molar-refractivity contribution in [3.8, 4) is 5.88 Å². The molecule has 18 heavy (non-hydrogen) atoms. The molecule has 0 radical (unpaired) electrons. The summed E-state index contributed by atoms with van der Waals surface area (Å²) in [5, 5.41) is 2.10. The molecule has 1 unspecified atom stereocenters. The average molecular weight is 263 g/mol. The van der Waals surface area contributed by atoms with Gasteiger partial charge in [0.15, 0.2) is 0 Å². The maximum atomic E-state index is 6.13. The van der Waals surface area contributed by atoms with Crippen LogP contribution in [0.2, 0.25) is 0 Å². The average Bonchev–Trinajstić information content (AvgIpc) is 2.91. The Morgan fingerprint density at radius 2 is 2.22 bits per heavy atom. The van der Waals surface area contributed by atoms with Crippen molar-refractivity contribution in [2.24, 2.45) is 5.73 Å². The maximum absolute atomic E-state index is 6.13. The van der Waals surface area contributed by atoms with Gasteiger partial charge in [-0.15, -0.1) is 11.3 Å². The Hall–Kier alpha value is -1.46. The zero-order valence-corrected chi connectivity index (χ0v) is 11.2. The highest BCUT2D eigenvalue weighted by molar-refractivity contribution is 7.09. The van der Waals surface area contributed by atoms with Gasteiger partial charge in [-0.05, 0) is 30.7 Å². The Labute approximate surface area is 111 Å². The number of ether oxygens (including phenoxy) is 1. The van der Waals surface area contributed by atoms with Crippen molar-refractivity contribution >= 4 is 11.3 Å². The molecule has 2 aromatic heterocycles. The Balaban J connectivity index is 1.89. The molecule has 2 N–H and O–H groups in total. The Morgan fingerprint density at radius 1 is 1.39 bits per heavy atom. The molecule has 0 saturated carbocycles. The second kappa shape index (κ2) is 6.47. The molecule has 0 saturated heterocycles. The van der Waals surface area contributed by atoms with Crippen LogP contribution in [-0.4, -0.2) is 17.1 Å².